The van der Waals surface area contributed by atoms with Gasteiger partial charge in [0.05, 0.1) is 29.7 Å². The van der Waals surface area contributed by atoms with Crippen LogP contribution in [0.25, 0.3) is 0 Å². The first-order chi connectivity index (χ1) is 19.5. The van der Waals surface area contributed by atoms with Crippen LogP contribution >= 0.6 is 11.8 Å². The highest BCUT2D eigenvalue weighted by atomic mass is 32.2. The highest BCUT2D eigenvalue weighted by Crippen LogP contribution is 2.52. The van der Waals surface area contributed by atoms with Gasteiger partial charge in [-0.25, -0.2) is 9.59 Å². The van der Waals surface area contributed by atoms with Crippen molar-refractivity contribution in [2.75, 3.05) is 11.9 Å². The lowest BCUT2D eigenvalue weighted by Gasteiger charge is -2.46. The molecular weight excluding hydrogens is 546 g/mol. The number of nitrogens with zero attached hydrogens (tertiary/aromatic N) is 2. The van der Waals surface area contributed by atoms with E-state index in [0.717, 1.165) is 11.1 Å². The summed E-state index contributed by atoms with van der Waals surface area (Å²) in [5.74, 6) is -3.82. The number of carboxylic acid groups (broad SMARTS) is 2. The van der Waals surface area contributed by atoms with E-state index in [0.29, 0.717) is 30.1 Å². The Morgan fingerprint density at radius 2 is 1.83 bits per heavy atom. The third-order valence-electron chi connectivity index (χ3n) is 8.12. The van der Waals surface area contributed by atoms with Gasteiger partial charge in [-0.3, -0.25) is 14.5 Å². The Morgan fingerprint density at radius 1 is 1.10 bits per heavy atom. The second-order valence-electron chi connectivity index (χ2n) is 11.1. The number of fused-ring (bicyclic) bond motifs is 1. The van der Waals surface area contributed by atoms with Crippen molar-refractivity contribution in [1.29, 1.82) is 0 Å². The van der Waals surface area contributed by atoms with Gasteiger partial charge >= 0.3 is 11.9 Å². The number of aliphatic carboxylic acids is 1. The minimum atomic E-state index is -1.18. The zero-order valence-corrected chi connectivity index (χ0v) is 23.8. The molecule has 0 spiro atoms. The summed E-state index contributed by atoms with van der Waals surface area (Å²) in [5, 5.41) is 32.3. The molecule has 10 nitrogen and oxygen atoms in total. The summed E-state index contributed by atoms with van der Waals surface area (Å²) in [6, 6.07) is 13.1. The molecule has 3 aliphatic rings. The van der Waals surface area contributed by atoms with Crippen molar-refractivity contribution in [2.45, 2.75) is 57.2 Å². The summed E-state index contributed by atoms with van der Waals surface area (Å²) >= 11 is 1.40. The van der Waals surface area contributed by atoms with Crippen molar-refractivity contribution in [3.05, 3.63) is 75.8 Å². The van der Waals surface area contributed by atoms with Crippen LogP contribution in [0.5, 0.6) is 0 Å². The number of likely N-dealkylation sites (tertiary alicyclic amines) is 1. The van der Waals surface area contributed by atoms with Crippen LogP contribution in [0.4, 0.5) is 5.69 Å². The molecule has 0 bridgehead atoms. The fourth-order valence-electron chi connectivity index (χ4n) is 6.25. The van der Waals surface area contributed by atoms with Crippen LogP contribution in [0, 0.1) is 18.8 Å². The highest BCUT2D eigenvalue weighted by molar-refractivity contribution is 8.03. The van der Waals surface area contributed by atoms with E-state index in [4.69, 9.17) is 0 Å². The topological polar surface area (TPSA) is 147 Å². The fraction of sp³-hybridized carbons (Fsp3) is 0.400. The van der Waals surface area contributed by atoms with E-state index < -0.39 is 36.0 Å². The molecular formula is C30H33N3O7S. The maximum atomic E-state index is 13.6. The van der Waals surface area contributed by atoms with Gasteiger partial charge < -0.3 is 25.5 Å². The summed E-state index contributed by atoms with van der Waals surface area (Å²) in [4.78, 5) is 54.0. The normalized spacial score (nSPS) is 26.5. The van der Waals surface area contributed by atoms with Crippen molar-refractivity contribution in [1.82, 2.24) is 9.80 Å². The maximum absolute atomic E-state index is 13.6. The van der Waals surface area contributed by atoms with Crippen molar-refractivity contribution in [3.63, 3.8) is 0 Å². The van der Waals surface area contributed by atoms with E-state index >= 15 is 0 Å². The molecule has 2 aromatic carbocycles. The number of β-lactam (4-membered cyclic amide) rings is 1. The summed E-state index contributed by atoms with van der Waals surface area (Å²) in [6.45, 7) is 6.44. The van der Waals surface area contributed by atoms with Crippen molar-refractivity contribution in [2.24, 2.45) is 11.8 Å². The quantitative estimate of drug-likeness (QED) is 0.329. The zero-order chi connectivity index (χ0) is 29.6. The molecule has 2 amide bonds. The SMILES string of the molecule is Cc1cccc(CN2C[C@@H](SC3=C(C(=O)O)N4C(=O)[C@H]([C@@H](C)O)[C@H]4[C@H]3C)C[C@H]2C(=O)Nc2cccc(C(=O)O)c2)c1. The number of thioether (sulfide) groups is 1. The number of hydrogen-bond acceptors (Lipinski definition) is 7. The van der Waals surface area contributed by atoms with Crippen LogP contribution < -0.4 is 5.32 Å². The van der Waals surface area contributed by atoms with Gasteiger partial charge in [0.15, 0.2) is 0 Å². The number of aliphatic hydroxyl groups is 1. The molecule has 216 valence electrons. The lowest BCUT2D eigenvalue weighted by Crippen LogP contribution is -2.63. The Bertz CT molecular complexity index is 1440. The van der Waals surface area contributed by atoms with Crippen LogP contribution in [-0.2, 0) is 20.9 Å². The average molecular weight is 580 g/mol. The molecule has 0 unspecified atom stereocenters. The molecule has 6 atom stereocenters. The van der Waals surface area contributed by atoms with Gasteiger partial charge in [-0.2, -0.15) is 0 Å². The van der Waals surface area contributed by atoms with E-state index in [1.807, 2.05) is 32.0 Å². The third-order valence-corrected chi connectivity index (χ3v) is 9.61. The standard InChI is InChI=1S/C30H33N3O7S/c1-15-6-4-7-18(10-15)13-32-14-21(12-22(32)27(35)31-20-9-5-8-19(11-20)29(37)38)41-26-16(2)24-23(17(3)34)28(36)33(24)25(26)30(39)40/h4-11,16-17,21-24,34H,12-14H2,1-3H3,(H,31,35)(H,37,38)(H,39,40)/t16-,17-,21+,22+,23-,24-/m1/s1. The number of carboxylic acids is 2. The smallest absolute Gasteiger partial charge is 0.353 e. The number of aromatic carboxylic acids is 1. The Morgan fingerprint density at radius 3 is 2.49 bits per heavy atom. The van der Waals surface area contributed by atoms with Crippen molar-refractivity contribution >= 4 is 41.2 Å². The van der Waals surface area contributed by atoms with Crippen LogP contribution in [-0.4, -0.2) is 78.9 Å². The van der Waals surface area contributed by atoms with Gasteiger partial charge in [0.2, 0.25) is 11.8 Å². The van der Waals surface area contributed by atoms with Crippen LogP contribution in [0.2, 0.25) is 0 Å². The molecule has 3 aliphatic heterocycles. The maximum Gasteiger partial charge on any atom is 0.353 e. The van der Waals surface area contributed by atoms with E-state index in [1.54, 1.807) is 19.1 Å². The first-order valence-corrected chi connectivity index (χ1v) is 14.4. The molecule has 11 heteroatoms. The number of benzene rings is 2. The molecule has 3 heterocycles. The summed E-state index contributed by atoms with van der Waals surface area (Å²) < 4.78 is 0. The van der Waals surface area contributed by atoms with Gasteiger partial charge in [-0.1, -0.05) is 42.8 Å². The second kappa shape index (κ2) is 11.3. The lowest BCUT2D eigenvalue weighted by molar-refractivity contribution is -0.163. The third kappa shape index (κ3) is 5.49. The second-order valence-corrected chi connectivity index (χ2v) is 12.4. The number of rotatable bonds is 9. The Balaban J connectivity index is 1.39. The first kappa shape index (κ1) is 28.8. The zero-order valence-electron chi connectivity index (χ0n) is 23.0. The molecule has 2 saturated heterocycles. The van der Waals surface area contributed by atoms with Crippen LogP contribution in [0.15, 0.2) is 59.1 Å². The van der Waals surface area contributed by atoms with Crippen LogP contribution in [0.1, 0.15) is 41.8 Å². The Kier molecular flexibility index (Phi) is 7.95. The van der Waals surface area contributed by atoms with E-state index in [-0.39, 0.29) is 34.2 Å². The highest BCUT2D eigenvalue weighted by Gasteiger charge is 2.60. The molecule has 0 saturated carbocycles. The largest absolute Gasteiger partial charge is 0.478 e. The van der Waals surface area contributed by atoms with Crippen molar-refractivity contribution < 1.29 is 34.5 Å². The number of aliphatic hydroxyl groups excluding tert-OH is 1. The average Bonchev–Trinajstić information content (AvgIpc) is 3.40. The van der Waals surface area contributed by atoms with E-state index in [1.165, 1.54) is 28.8 Å². The minimum absolute atomic E-state index is 0.0296. The Labute approximate surface area is 242 Å². The number of amides is 2. The minimum Gasteiger partial charge on any atom is -0.478 e. The summed E-state index contributed by atoms with van der Waals surface area (Å²) in [6.07, 6.45) is -0.447. The van der Waals surface area contributed by atoms with Gasteiger partial charge in [0, 0.05) is 34.8 Å². The number of aryl methyl sites for hydroxylation is 1. The van der Waals surface area contributed by atoms with Gasteiger partial charge in [0.25, 0.3) is 0 Å². The molecule has 5 rings (SSSR count). The molecule has 41 heavy (non-hydrogen) atoms. The molecule has 0 aromatic heterocycles. The first-order valence-electron chi connectivity index (χ1n) is 13.5. The molecule has 2 fully saturated rings. The number of carbonyl (C=O) groups excluding carboxylic acids is 2. The predicted molar refractivity (Wildman–Crippen MR) is 153 cm³/mol. The van der Waals surface area contributed by atoms with Gasteiger partial charge in [-0.05, 0) is 44.0 Å². The lowest BCUT2D eigenvalue weighted by atomic mass is 9.79. The molecule has 4 N–H and O–H groups in total. The Hall–Kier alpha value is -3.67. The summed E-state index contributed by atoms with van der Waals surface area (Å²) in [7, 11) is 0. The number of anilines is 1. The predicted octanol–water partition coefficient (Wildman–Crippen LogP) is 3.16. The number of carbonyl (C=O) groups is 4. The monoisotopic (exact) mass is 579 g/mol. The fourth-order valence-corrected chi connectivity index (χ4v) is 7.81. The molecule has 0 aliphatic carbocycles. The van der Waals surface area contributed by atoms with Gasteiger partial charge in [-0.15, -0.1) is 11.8 Å². The van der Waals surface area contributed by atoms with E-state index in [2.05, 4.69) is 16.3 Å². The summed E-state index contributed by atoms with van der Waals surface area (Å²) in [5.41, 5.74) is 2.55. The molecule has 0 radical (unpaired) electrons. The number of nitrogens with one attached hydrogen (secondary N) is 1. The number of hydrogen-bond donors (Lipinski definition) is 4. The van der Waals surface area contributed by atoms with Crippen LogP contribution in [0.3, 0.4) is 0 Å². The van der Waals surface area contributed by atoms with E-state index in [9.17, 15) is 34.5 Å². The molecule has 2 aromatic rings. The van der Waals surface area contributed by atoms with Crippen molar-refractivity contribution in [3.8, 4) is 0 Å². The van der Waals surface area contributed by atoms with Gasteiger partial charge in [0.1, 0.15) is 5.70 Å².